The fraction of sp³-hybridized carbons (Fsp3) is 0.700. The number of ether oxygens (including phenoxy) is 1. The van der Waals surface area contributed by atoms with E-state index in [1.807, 2.05) is 13.0 Å². The number of allylic oxidation sites excluding steroid dienone is 1. The molecule has 0 amide bonds. The van der Waals surface area contributed by atoms with Crippen molar-refractivity contribution in [2.24, 2.45) is 0 Å². The minimum Gasteiger partial charge on any atom is -0.463 e. The average Bonchev–Trinajstić information content (AvgIpc) is 2.11. The molecule has 76 valence electrons. The minimum atomic E-state index is -0.233. The molecular formula is C10H17BrO2. The van der Waals surface area contributed by atoms with E-state index in [0.29, 0.717) is 6.61 Å². The highest BCUT2D eigenvalue weighted by Gasteiger charge is 1.91. The molecule has 0 spiro atoms. The minimum absolute atomic E-state index is 0.233. The van der Waals surface area contributed by atoms with Gasteiger partial charge in [-0.05, 0) is 26.2 Å². The molecule has 0 bridgehead atoms. The molecule has 0 fully saturated rings. The van der Waals surface area contributed by atoms with Crippen molar-refractivity contribution in [1.82, 2.24) is 0 Å². The quantitative estimate of drug-likeness (QED) is 0.300. The molecule has 0 aliphatic carbocycles. The number of carbonyl (C=O) groups is 1. The molecule has 0 aromatic heterocycles. The largest absolute Gasteiger partial charge is 0.463 e. The molecule has 0 heterocycles. The van der Waals surface area contributed by atoms with E-state index in [1.165, 1.54) is 18.9 Å². The highest BCUT2D eigenvalue weighted by molar-refractivity contribution is 9.09. The molecule has 0 aromatic rings. The first-order chi connectivity index (χ1) is 6.31. The summed E-state index contributed by atoms with van der Waals surface area (Å²) in [6.45, 7) is 2.26. The molecule has 0 saturated carbocycles. The number of hydrogen-bond acceptors (Lipinski definition) is 2. The van der Waals surface area contributed by atoms with E-state index in [2.05, 4.69) is 15.9 Å². The van der Waals surface area contributed by atoms with E-state index in [4.69, 9.17) is 4.74 Å². The van der Waals surface area contributed by atoms with Gasteiger partial charge in [0.15, 0.2) is 0 Å². The van der Waals surface area contributed by atoms with Crippen molar-refractivity contribution in [1.29, 1.82) is 0 Å². The molecule has 0 saturated heterocycles. The Morgan fingerprint density at radius 1 is 1.38 bits per heavy atom. The Balaban J connectivity index is 3.25. The average molecular weight is 249 g/mol. The lowest BCUT2D eigenvalue weighted by atomic mass is 10.2. The molecule has 0 atom stereocenters. The second-order valence-corrected chi connectivity index (χ2v) is 3.49. The summed E-state index contributed by atoms with van der Waals surface area (Å²) in [4.78, 5) is 10.8. The first-order valence-corrected chi connectivity index (χ1v) is 5.82. The van der Waals surface area contributed by atoms with Gasteiger partial charge in [0, 0.05) is 11.4 Å². The first kappa shape index (κ1) is 12.7. The lowest BCUT2D eigenvalue weighted by Gasteiger charge is -1.95. The van der Waals surface area contributed by atoms with Crippen LogP contribution in [0.25, 0.3) is 0 Å². The molecule has 0 unspecified atom stereocenters. The van der Waals surface area contributed by atoms with Crippen molar-refractivity contribution < 1.29 is 9.53 Å². The third-order valence-corrected chi connectivity index (χ3v) is 2.11. The molecule has 0 aliphatic rings. The van der Waals surface area contributed by atoms with E-state index in [9.17, 15) is 4.79 Å². The second-order valence-electron chi connectivity index (χ2n) is 2.69. The van der Waals surface area contributed by atoms with Crippen molar-refractivity contribution in [3.63, 3.8) is 0 Å². The third kappa shape index (κ3) is 9.61. The number of carbonyl (C=O) groups excluding carboxylic acids is 1. The summed E-state index contributed by atoms with van der Waals surface area (Å²) in [5.41, 5.74) is 0. The fourth-order valence-corrected chi connectivity index (χ4v) is 1.30. The van der Waals surface area contributed by atoms with E-state index in [-0.39, 0.29) is 5.97 Å². The second kappa shape index (κ2) is 9.78. The van der Waals surface area contributed by atoms with Crippen LogP contribution in [0.4, 0.5) is 0 Å². The molecule has 0 aliphatic heterocycles. The summed E-state index contributed by atoms with van der Waals surface area (Å²) in [6, 6.07) is 0. The maximum Gasteiger partial charge on any atom is 0.330 e. The Morgan fingerprint density at radius 2 is 2.15 bits per heavy atom. The lowest BCUT2D eigenvalue weighted by molar-refractivity contribution is -0.137. The van der Waals surface area contributed by atoms with Gasteiger partial charge in [-0.25, -0.2) is 4.79 Å². The van der Waals surface area contributed by atoms with Crippen LogP contribution in [0.15, 0.2) is 12.2 Å². The van der Waals surface area contributed by atoms with Gasteiger partial charge in [-0.3, -0.25) is 0 Å². The Labute approximate surface area is 88.5 Å². The van der Waals surface area contributed by atoms with E-state index in [0.717, 1.165) is 18.2 Å². The normalized spacial score (nSPS) is 10.6. The number of halogens is 1. The number of unbranched alkanes of at least 4 members (excludes halogenated alkanes) is 3. The zero-order valence-corrected chi connectivity index (χ0v) is 9.68. The smallest absolute Gasteiger partial charge is 0.330 e. The summed E-state index contributed by atoms with van der Waals surface area (Å²) < 4.78 is 4.74. The van der Waals surface area contributed by atoms with Crippen molar-refractivity contribution in [3.05, 3.63) is 12.2 Å². The van der Waals surface area contributed by atoms with Crippen molar-refractivity contribution >= 4 is 21.9 Å². The van der Waals surface area contributed by atoms with Crippen LogP contribution < -0.4 is 0 Å². The van der Waals surface area contributed by atoms with Crippen LogP contribution in [0.3, 0.4) is 0 Å². The Morgan fingerprint density at radius 3 is 2.77 bits per heavy atom. The summed E-state index contributed by atoms with van der Waals surface area (Å²) in [7, 11) is 0. The summed E-state index contributed by atoms with van der Waals surface area (Å²) in [5.74, 6) is -0.233. The van der Waals surface area contributed by atoms with Gasteiger partial charge < -0.3 is 4.74 Å². The molecular weight excluding hydrogens is 232 g/mol. The summed E-state index contributed by atoms with van der Waals surface area (Å²) >= 11 is 3.37. The standard InChI is InChI=1S/C10H17BrO2/c1-2-13-10(12)8-6-4-3-5-7-9-11/h6,8H,2-5,7,9H2,1H3/b8-6+. The van der Waals surface area contributed by atoms with Crippen LogP contribution in [0, 0.1) is 0 Å². The number of hydrogen-bond donors (Lipinski definition) is 0. The zero-order valence-electron chi connectivity index (χ0n) is 8.09. The van der Waals surface area contributed by atoms with Crippen LogP contribution in [-0.4, -0.2) is 17.9 Å². The predicted molar refractivity (Wildman–Crippen MR) is 58.0 cm³/mol. The van der Waals surface area contributed by atoms with Crippen LogP contribution in [0.1, 0.15) is 32.6 Å². The van der Waals surface area contributed by atoms with Gasteiger partial charge in [-0.1, -0.05) is 28.4 Å². The lowest BCUT2D eigenvalue weighted by Crippen LogP contribution is -1.98. The van der Waals surface area contributed by atoms with Gasteiger partial charge in [-0.15, -0.1) is 0 Å². The van der Waals surface area contributed by atoms with Crippen LogP contribution >= 0.6 is 15.9 Å². The maximum absolute atomic E-state index is 10.8. The Hall–Kier alpha value is -0.310. The van der Waals surface area contributed by atoms with E-state index < -0.39 is 0 Å². The third-order valence-electron chi connectivity index (χ3n) is 1.54. The predicted octanol–water partition coefficient (Wildman–Crippen LogP) is 3.06. The highest BCUT2D eigenvalue weighted by Crippen LogP contribution is 2.02. The molecule has 0 rings (SSSR count). The van der Waals surface area contributed by atoms with Crippen molar-refractivity contribution in [3.8, 4) is 0 Å². The van der Waals surface area contributed by atoms with Crippen LogP contribution in [-0.2, 0) is 9.53 Å². The fourth-order valence-electron chi connectivity index (χ4n) is 0.903. The summed E-state index contributed by atoms with van der Waals surface area (Å²) in [5, 5.41) is 1.06. The number of rotatable bonds is 7. The Bertz CT molecular complexity index is 155. The highest BCUT2D eigenvalue weighted by atomic mass is 79.9. The molecule has 0 N–H and O–H groups in total. The monoisotopic (exact) mass is 248 g/mol. The molecule has 3 heteroatoms. The number of alkyl halides is 1. The SMILES string of the molecule is CCOC(=O)/C=C/CCCCCBr. The molecule has 0 aromatic carbocycles. The van der Waals surface area contributed by atoms with Crippen LogP contribution in [0.5, 0.6) is 0 Å². The van der Waals surface area contributed by atoms with Gasteiger partial charge >= 0.3 is 5.97 Å². The molecule has 13 heavy (non-hydrogen) atoms. The first-order valence-electron chi connectivity index (χ1n) is 4.70. The van der Waals surface area contributed by atoms with Gasteiger partial charge in [0.1, 0.15) is 0 Å². The molecule has 2 nitrogen and oxygen atoms in total. The van der Waals surface area contributed by atoms with E-state index in [1.54, 1.807) is 0 Å². The van der Waals surface area contributed by atoms with E-state index >= 15 is 0 Å². The topological polar surface area (TPSA) is 26.3 Å². The maximum atomic E-state index is 10.8. The van der Waals surface area contributed by atoms with Crippen LogP contribution in [0.2, 0.25) is 0 Å². The number of esters is 1. The zero-order chi connectivity index (χ0) is 9.94. The van der Waals surface area contributed by atoms with Gasteiger partial charge in [0.2, 0.25) is 0 Å². The Kier molecular flexibility index (Phi) is 9.54. The van der Waals surface area contributed by atoms with Gasteiger partial charge in [0.05, 0.1) is 6.61 Å². The van der Waals surface area contributed by atoms with Crippen molar-refractivity contribution in [2.75, 3.05) is 11.9 Å². The van der Waals surface area contributed by atoms with Gasteiger partial charge in [-0.2, -0.15) is 0 Å². The summed E-state index contributed by atoms with van der Waals surface area (Å²) in [6.07, 6.45) is 7.91. The molecule has 0 radical (unpaired) electrons. The van der Waals surface area contributed by atoms with Crippen molar-refractivity contribution in [2.45, 2.75) is 32.6 Å². The van der Waals surface area contributed by atoms with Gasteiger partial charge in [0.25, 0.3) is 0 Å².